The van der Waals surface area contributed by atoms with Gasteiger partial charge in [0.1, 0.15) is 0 Å². The monoisotopic (exact) mass is 394 g/mol. The first-order valence-corrected chi connectivity index (χ1v) is 11.2. The first kappa shape index (κ1) is 18.3. The van der Waals surface area contributed by atoms with E-state index in [0.29, 0.717) is 5.92 Å². The number of hydrogen-bond donors (Lipinski definition) is 0. The Morgan fingerprint density at radius 1 is 1.22 bits per heavy atom. The number of nitrogens with zero attached hydrogens (tertiary/aromatic N) is 2. The van der Waals surface area contributed by atoms with Gasteiger partial charge in [0, 0.05) is 30.0 Å². The van der Waals surface area contributed by atoms with Gasteiger partial charge in [0.25, 0.3) is 0 Å². The zero-order valence-electron chi connectivity index (χ0n) is 15.3. The van der Waals surface area contributed by atoms with E-state index in [1.165, 1.54) is 9.60 Å². The molecule has 0 radical (unpaired) electrons. The molecule has 0 bridgehead atoms. The van der Waals surface area contributed by atoms with Crippen molar-refractivity contribution in [3.63, 3.8) is 0 Å². The topological polar surface area (TPSA) is 33.2 Å². The quantitative estimate of drug-likeness (QED) is 0.436. The number of benzene rings is 2. The molecule has 1 aromatic heterocycles. The molecule has 27 heavy (non-hydrogen) atoms. The molecule has 3 aromatic rings. The highest BCUT2D eigenvalue weighted by atomic mass is 32.2. The normalized spacial score (nSPS) is 17.7. The van der Waals surface area contributed by atoms with E-state index in [4.69, 9.17) is 4.98 Å². The molecular weight excluding hydrogens is 372 g/mol. The highest BCUT2D eigenvalue weighted by Crippen LogP contribution is 2.33. The molecule has 5 heteroatoms. The molecule has 0 saturated carbocycles. The second-order valence-corrected chi connectivity index (χ2v) is 8.69. The van der Waals surface area contributed by atoms with Gasteiger partial charge in [-0.15, -0.1) is 23.1 Å². The maximum Gasteiger partial charge on any atom is 0.246 e. The van der Waals surface area contributed by atoms with Crippen LogP contribution in [0, 0.1) is 0 Å². The number of thioether (sulfide) groups is 1. The molecular formula is C22H22N2OS2. The third-order valence-corrected chi connectivity index (χ3v) is 6.87. The number of thiazole rings is 1. The van der Waals surface area contributed by atoms with Gasteiger partial charge in [0.15, 0.2) is 0 Å². The number of amides is 1. The first-order valence-electron chi connectivity index (χ1n) is 9.19. The number of para-hydroxylation sites is 1. The predicted molar refractivity (Wildman–Crippen MR) is 115 cm³/mol. The van der Waals surface area contributed by atoms with Gasteiger partial charge in [0.2, 0.25) is 5.91 Å². The van der Waals surface area contributed by atoms with E-state index in [0.717, 1.165) is 42.0 Å². The zero-order valence-corrected chi connectivity index (χ0v) is 16.9. The molecule has 1 aliphatic rings. The molecule has 1 saturated heterocycles. The molecule has 2 aromatic carbocycles. The number of aromatic nitrogens is 1. The van der Waals surface area contributed by atoms with E-state index in [-0.39, 0.29) is 5.91 Å². The molecule has 138 valence electrons. The molecule has 1 atom stereocenters. The van der Waals surface area contributed by atoms with Gasteiger partial charge in [-0.05, 0) is 55.0 Å². The summed E-state index contributed by atoms with van der Waals surface area (Å²) in [6, 6.07) is 16.5. The SMILES string of the molecule is CSc1ccc(/C=C/C(=O)N2CCC[C@@H](c3nc4ccccc4s3)C2)cc1. The van der Waals surface area contributed by atoms with Crippen LogP contribution >= 0.6 is 23.1 Å². The minimum atomic E-state index is 0.0924. The Balaban J connectivity index is 1.43. The van der Waals surface area contributed by atoms with Gasteiger partial charge in [-0.1, -0.05) is 24.3 Å². The fraction of sp³-hybridized carbons (Fsp3) is 0.273. The largest absolute Gasteiger partial charge is 0.338 e. The summed E-state index contributed by atoms with van der Waals surface area (Å²) in [5.41, 5.74) is 2.12. The molecule has 1 amide bonds. The minimum Gasteiger partial charge on any atom is -0.338 e. The summed E-state index contributed by atoms with van der Waals surface area (Å²) < 4.78 is 1.23. The fourth-order valence-corrected chi connectivity index (χ4v) is 4.93. The van der Waals surface area contributed by atoms with Crippen molar-refractivity contribution in [3.05, 3.63) is 65.2 Å². The second kappa shape index (κ2) is 8.28. The van der Waals surface area contributed by atoms with Crippen LogP contribution in [-0.2, 0) is 4.79 Å². The molecule has 0 aliphatic carbocycles. The van der Waals surface area contributed by atoms with Crippen LogP contribution in [0.5, 0.6) is 0 Å². The van der Waals surface area contributed by atoms with Crippen molar-refractivity contribution < 1.29 is 4.79 Å². The number of carbonyl (C=O) groups excluding carboxylic acids is 1. The van der Waals surface area contributed by atoms with E-state index in [1.54, 1.807) is 29.2 Å². The van der Waals surface area contributed by atoms with E-state index in [1.807, 2.05) is 17.0 Å². The van der Waals surface area contributed by atoms with Crippen molar-refractivity contribution in [1.82, 2.24) is 9.88 Å². The maximum absolute atomic E-state index is 12.7. The number of hydrogen-bond acceptors (Lipinski definition) is 4. The summed E-state index contributed by atoms with van der Waals surface area (Å²) in [7, 11) is 0. The summed E-state index contributed by atoms with van der Waals surface area (Å²) >= 11 is 3.48. The third-order valence-electron chi connectivity index (χ3n) is 4.93. The van der Waals surface area contributed by atoms with E-state index in [2.05, 4.69) is 48.7 Å². The van der Waals surface area contributed by atoms with E-state index in [9.17, 15) is 4.79 Å². The van der Waals surface area contributed by atoms with Crippen LogP contribution in [0.4, 0.5) is 0 Å². The lowest BCUT2D eigenvalue weighted by Gasteiger charge is -2.31. The Morgan fingerprint density at radius 2 is 2.04 bits per heavy atom. The Hall–Kier alpha value is -2.11. The number of likely N-dealkylation sites (tertiary alicyclic amines) is 1. The first-order chi connectivity index (χ1) is 13.2. The van der Waals surface area contributed by atoms with Crippen LogP contribution in [0.25, 0.3) is 16.3 Å². The van der Waals surface area contributed by atoms with Crippen molar-refractivity contribution in [2.75, 3.05) is 19.3 Å². The highest BCUT2D eigenvalue weighted by Gasteiger charge is 2.25. The lowest BCUT2D eigenvalue weighted by atomic mass is 9.98. The Kier molecular flexibility index (Phi) is 5.60. The average Bonchev–Trinajstić information content (AvgIpc) is 3.17. The Morgan fingerprint density at radius 3 is 2.81 bits per heavy atom. The average molecular weight is 395 g/mol. The molecule has 3 nitrogen and oxygen atoms in total. The molecule has 2 heterocycles. The van der Waals surface area contributed by atoms with Crippen molar-refractivity contribution in [3.8, 4) is 0 Å². The molecule has 0 N–H and O–H groups in total. The van der Waals surface area contributed by atoms with E-state index < -0.39 is 0 Å². The zero-order chi connectivity index (χ0) is 18.6. The van der Waals surface area contributed by atoms with Crippen molar-refractivity contribution in [2.24, 2.45) is 0 Å². The van der Waals surface area contributed by atoms with Crippen molar-refractivity contribution in [2.45, 2.75) is 23.7 Å². The number of rotatable bonds is 4. The van der Waals surface area contributed by atoms with Crippen molar-refractivity contribution >= 4 is 45.3 Å². The third kappa shape index (κ3) is 4.25. The van der Waals surface area contributed by atoms with Gasteiger partial charge in [-0.3, -0.25) is 4.79 Å². The van der Waals surface area contributed by atoms with E-state index >= 15 is 0 Å². The molecule has 4 rings (SSSR count). The van der Waals surface area contributed by atoms with Gasteiger partial charge < -0.3 is 4.90 Å². The van der Waals surface area contributed by atoms with Crippen LogP contribution in [0.3, 0.4) is 0 Å². The Bertz CT molecular complexity index is 929. The highest BCUT2D eigenvalue weighted by molar-refractivity contribution is 7.98. The fourth-order valence-electron chi connectivity index (χ4n) is 3.43. The Labute approximate surface area is 168 Å². The number of fused-ring (bicyclic) bond motifs is 1. The second-order valence-electron chi connectivity index (χ2n) is 6.75. The molecule has 0 spiro atoms. The van der Waals surface area contributed by atoms with Crippen LogP contribution in [-0.4, -0.2) is 35.1 Å². The van der Waals surface area contributed by atoms with Crippen LogP contribution in [0.2, 0.25) is 0 Å². The van der Waals surface area contributed by atoms with Gasteiger partial charge in [-0.25, -0.2) is 4.98 Å². The van der Waals surface area contributed by atoms with Gasteiger partial charge >= 0.3 is 0 Å². The molecule has 1 aliphatic heterocycles. The van der Waals surface area contributed by atoms with Crippen LogP contribution < -0.4 is 0 Å². The molecule has 1 fully saturated rings. The standard InChI is InChI=1S/C22H22N2OS2/c1-26-18-11-8-16(9-12-18)10-13-21(25)24-14-4-5-17(15-24)22-23-19-6-2-3-7-20(19)27-22/h2-3,6-13,17H,4-5,14-15H2,1H3/b13-10+/t17-/m1/s1. The number of piperidine rings is 1. The summed E-state index contributed by atoms with van der Waals surface area (Å²) in [5, 5.41) is 1.16. The lowest BCUT2D eigenvalue weighted by Crippen LogP contribution is -2.38. The van der Waals surface area contributed by atoms with Gasteiger partial charge in [-0.2, -0.15) is 0 Å². The summed E-state index contributed by atoms with van der Waals surface area (Å²) in [6.07, 6.45) is 7.81. The minimum absolute atomic E-state index is 0.0924. The lowest BCUT2D eigenvalue weighted by molar-refractivity contribution is -0.127. The summed E-state index contributed by atoms with van der Waals surface area (Å²) in [5.74, 6) is 0.434. The molecule has 0 unspecified atom stereocenters. The smallest absolute Gasteiger partial charge is 0.246 e. The maximum atomic E-state index is 12.7. The number of carbonyl (C=O) groups is 1. The van der Waals surface area contributed by atoms with Gasteiger partial charge in [0.05, 0.1) is 15.2 Å². The predicted octanol–water partition coefficient (Wildman–Crippen LogP) is 5.44. The summed E-state index contributed by atoms with van der Waals surface area (Å²) in [6.45, 7) is 1.59. The summed E-state index contributed by atoms with van der Waals surface area (Å²) in [4.78, 5) is 20.7. The van der Waals surface area contributed by atoms with Crippen LogP contribution in [0.1, 0.15) is 29.3 Å². The van der Waals surface area contributed by atoms with Crippen molar-refractivity contribution in [1.29, 1.82) is 0 Å². The van der Waals surface area contributed by atoms with Crippen LogP contribution in [0.15, 0.2) is 59.5 Å².